The molecule has 1 aromatic carbocycles. The maximum absolute atomic E-state index is 9.74. The van der Waals surface area contributed by atoms with Gasteiger partial charge in [-0.05, 0) is 49.4 Å². The van der Waals surface area contributed by atoms with Crippen molar-refractivity contribution in [3.63, 3.8) is 0 Å². The molecule has 24 heavy (non-hydrogen) atoms. The zero-order valence-electron chi connectivity index (χ0n) is 14.2. The second kappa shape index (κ2) is 8.27. The number of benzene rings is 1. The van der Waals surface area contributed by atoms with Gasteiger partial charge in [0.1, 0.15) is 12.4 Å². The van der Waals surface area contributed by atoms with Crippen LogP contribution in [0.1, 0.15) is 31.7 Å². The first-order chi connectivity index (χ1) is 11.7. The van der Waals surface area contributed by atoms with Crippen molar-refractivity contribution in [3.8, 4) is 16.9 Å². The van der Waals surface area contributed by atoms with Crippen molar-refractivity contribution in [1.29, 1.82) is 0 Å². The lowest BCUT2D eigenvalue weighted by Gasteiger charge is -2.27. The third-order valence-corrected chi connectivity index (χ3v) is 4.59. The molecule has 0 unspecified atom stereocenters. The number of rotatable bonds is 8. The number of nitrogens with zero attached hydrogens (tertiary/aromatic N) is 1. The summed E-state index contributed by atoms with van der Waals surface area (Å²) in [5, 5.41) is 13.1. The van der Waals surface area contributed by atoms with Gasteiger partial charge in [-0.2, -0.15) is 0 Å². The summed E-state index contributed by atoms with van der Waals surface area (Å²) in [4.78, 5) is 4.31. The highest BCUT2D eigenvalue weighted by Gasteiger charge is 2.16. The Morgan fingerprint density at radius 1 is 1.29 bits per heavy atom. The summed E-state index contributed by atoms with van der Waals surface area (Å²) in [6, 6.07) is 11.0. The summed E-state index contributed by atoms with van der Waals surface area (Å²) in [6.07, 6.45) is 7.10. The molecule has 0 amide bonds. The van der Waals surface area contributed by atoms with Crippen molar-refractivity contribution < 1.29 is 9.84 Å². The highest BCUT2D eigenvalue weighted by molar-refractivity contribution is 5.64. The van der Waals surface area contributed by atoms with Gasteiger partial charge in [-0.25, -0.2) is 0 Å². The van der Waals surface area contributed by atoms with Crippen molar-refractivity contribution in [1.82, 2.24) is 10.3 Å². The molecule has 0 saturated carbocycles. The number of aryl methyl sites for hydroxylation is 1. The molecule has 1 aromatic heterocycles. The molecule has 0 bridgehead atoms. The third-order valence-electron chi connectivity index (χ3n) is 4.59. The number of aliphatic hydroxyl groups is 1. The minimum Gasteiger partial charge on any atom is -0.490 e. The van der Waals surface area contributed by atoms with E-state index in [1.807, 2.05) is 19.2 Å². The lowest BCUT2D eigenvalue weighted by atomic mass is 10.0. The van der Waals surface area contributed by atoms with Crippen LogP contribution in [-0.4, -0.2) is 35.4 Å². The molecule has 2 N–H and O–H groups in total. The first-order valence-corrected chi connectivity index (χ1v) is 8.83. The van der Waals surface area contributed by atoms with Crippen molar-refractivity contribution in [2.75, 3.05) is 13.2 Å². The molecule has 0 radical (unpaired) electrons. The zero-order valence-corrected chi connectivity index (χ0v) is 14.2. The molecule has 128 valence electrons. The van der Waals surface area contributed by atoms with Gasteiger partial charge in [0.15, 0.2) is 0 Å². The molecule has 2 aromatic rings. The zero-order chi connectivity index (χ0) is 16.8. The van der Waals surface area contributed by atoms with Crippen LogP contribution < -0.4 is 10.1 Å². The van der Waals surface area contributed by atoms with Crippen LogP contribution in [0.3, 0.4) is 0 Å². The number of hydrogen-bond donors (Lipinski definition) is 2. The highest BCUT2D eigenvalue weighted by Crippen LogP contribution is 2.24. The van der Waals surface area contributed by atoms with Gasteiger partial charge >= 0.3 is 0 Å². The Hall–Kier alpha value is -1.91. The van der Waals surface area contributed by atoms with E-state index in [9.17, 15) is 5.11 Å². The van der Waals surface area contributed by atoms with Crippen molar-refractivity contribution in [2.24, 2.45) is 0 Å². The van der Waals surface area contributed by atoms with Gasteiger partial charge in [0.25, 0.3) is 0 Å². The largest absolute Gasteiger partial charge is 0.490 e. The molecule has 1 aliphatic heterocycles. The summed E-state index contributed by atoms with van der Waals surface area (Å²) in [5.74, 6) is 0.813. The molecule has 2 heterocycles. The van der Waals surface area contributed by atoms with E-state index >= 15 is 0 Å². The average Bonchev–Trinajstić information content (AvgIpc) is 2.59. The van der Waals surface area contributed by atoms with E-state index < -0.39 is 0 Å². The number of ether oxygens (including phenoxy) is 1. The fourth-order valence-electron chi connectivity index (χ4n) is 2.79. The second-order valence-electron chi connectivity index (χ2n) is 6.46. The van der Waals surface area contributed by atoms with Gasteiger partial charge in [-0.15, -0.1) is 0 Å². The Kier molecular flexibility index (Phi) is 5.83. The van der Waals surface area contributed by atoms with E-state index in [1.165, 1.54) is 12.0 Å². The fourth-order valence-corrected chi connectivity index (χ4v) is 2.79. The van der Waals surface area contributed by atoms with Gasteiger partial charge in [-0.3, -0.25) is 4.98 Å². The summed E-state index contributed by atoms with van der Waals surface area (Å²) in [5.41, 5.74) is 3.44. The molecule has 1 saturated heterocycles. The van der Waals surface area contributed by atoms with E-state index in [2.05, 4.69) is 34.6 Å². The maximum atomic E-state index is 9.74. The lowest BCUT2D eigenvalue weighted by Crippen LogP contribution is -2.46. The number of nitrogens with one attached hydrogen (secondary N) is 1. The van der Waals surface area contributed by atoms with E-state index in [1.54, 1.807) is 6.20 Å². The van der Waals surface area contributed by atoms with Crippen LogP contribution in [-0.2, 0) is 6.42 Å². The Morgan fingerprint density at radius 2 is 2.17 bits per heavy atom. The lowest BCUT2D eigenvalue weighted by molar-refractivity contribution is 0.160. The van der Waals surface area contributed by atoms with Crippen LogP contribution in [0.15, 0.2) is 42.7 Å². The molecule has 4 heteroatoms. The normalized spacial score (nSPS) is 18.0. The maximum Gasteiger partial charge on any atom is 0.138 e. The Bertz CT molecular complexity index is 605. The Labute approximate surface area is 143 Å². The molecule has 1 aliphatic rings. The van der Waals surface area contributed by atoms with Gasteiger partial charge in [0, 0.05) is 17.8 Å². The third kappa shape index (κ3) is 4.56. The van der Waals surface area contributed by atoms with Crippen LogP contribution in [0.5, 0.6) is 5.75 Å². The summed E-state index contributed by atoms with van der Waals surface area (Å²) >= 11 is 0. The fraction of sp³-hybridized carbons (Fsp3) is 0.450. The number of hydrogen-bond acceptors (Lipinski definition) is 4. The van der Waals surface area contributed by atoms with E-state index in [4.69, 9.17) is 4.74 Å². The van der Waals surface area contributed by atoms with E-state index in [-0.39, 0.29) is 6.10 Å². The summed E-state index contributed by atoms with van der Waals surface area (Å²) in [7, 11) is 0. The minimum atomic E-state index is -0.216. The monoisotopic (exact) mass is 326 g/mol. The molecule has 3 rings (SSSR count). The predicted octanol–water partition coefficient (Wildman–Crippen LogP) is 3.19. The molecule has 2 atom stereocenters. The van der Waals surface area contributed by atoms with Crippen LogP contribution in [0.2, 0.25) is 0 Å². The van der Waals surface area contributed by atoms with Crippen molar-refractivity contribution >= 4 is 0 Å². The SMILES string of the molecule is CC[C@@H](O)CCc1cccc(-c2cncc(OC[C@@H]3CCN3)c2)c1. The molecular formula is C20H26N2O2. The Morgan fingerprint density at radius 3 is 2.92 bits per heavy atom. The average molecular weight is 326 g/mol. The summed E-state index contributed by atoms with van der Waals surface area (Å²) < 4.78 is 5.84. The van der Waals surface area contributed by atoms with E-state index in [0.717, 1.165) is 42.7 Å². The van der Waals surface area contributed by atoms with Gasteiger partial charge in [0.05, 0.1) is 12.3 Å². The van der Waals surface area contributed by atoms with E-state index in [0.29, 0.717) is 12.6 Å². The minimum absolute atomic E-state index is 0.216. The van der Waals surface area contributed by atoms with Gasteiger partial charge in [-0.1, -0.05) is 31.2 Å². The van der Waals surface area contributed by atoms with Crippen LogP contribution in [0.4, 0.5) is 0 Å². The van der Waals surface area contributed by atoms with Crippen LogP contribution >= 0.6 is 0 Å². The predicted molar refractivity (Wildman–Crippen MR) is 96.2 cm³/mol. The first-order valence-electron chi connectivity index (χ1n) is 8.83. The van der Waals surface area contributed by atoms with Crippen LogP contribution in [0.25, 0.3) is 11.1 Å². The van der Waals surface area contributed by atoms with Crippen molar-refractivity contribution in [3.05, 3.63) is 48.3 Å². The van der Waals surface area contributed by atoms with Gasteiger partial charge < -0.3 is 15.2 Å². The number of aliphatic hydroxyl groups excluding tert-OH is 1. The van der Waals surface area contributed by atoms with Crippen molar-refractivity contribution in [2.45, 2.75) is 44.8 Å². The standard InChI is InChI=1S/C20H26N2O2/c1-2-19(23)7-6-15-4-3-5-16(10-15)17-11-20(13-21-12-17)24-14-18-8-9-22-18/h3-5,10-13,18-19,22-23H,2,6-9,14H2,1H3/t18-,19+/m0/s1. The molecule has 0 spiro atoms. The Balaban J connectivity index is 1.66. The van der Waals surface area contributed by atoms with Crippen LogP contribution in [0, 0.1) is 0 Å². The smallest absolute Gasteiger partial charge is 0.138 e. The summed E-state index contributed by atoms with van der Waals surface area (Å²) in [6.45, 7) is 3.79. The topological polar surface area (TPSA) is 54.4 Å². The molecule has 4 nitrogen and oxygen atoms in total. The quantitative estimate of drug-likeness (QED) is 0.782. The molecular weight excluding hydrogens is 300 g/mol. The second-order valence-corrected chi connectivity index (χ2v) is 6.46. The highest BCUT2D eigenvalue weighted by atomic mass is 16.5. The molecule has 0 aliphatic carbocycles. The molecule has 1 fully saturated rings. The number of pyridine rings is 1. The number of aromatic nitrogens is 1. The first kappa shape index (κ1) is 16.9. The van der Waals surface area contributed by atoms with Gasteiger partial charge in [0.2, 0.25) is 0 Å².